The van der Waals surface area contributed by atoms with E-state index in [2.05, 4.69) is 5.32 Å². The maximum atomic E-state index is 13.1. The highest BCUT2D eigenvalue weighted by Crippen LogP contribution is 2.28. The Bertz CT molecular complexity index is 453. The highest BCUT2D eigenvalue weighted by Gasteiger charge is 2.29. The van der Waals surface area contributed by atoms with Crippen LogP contribution in [0.25, 0.3) is 0 Å². The van der Waals surface area contributed by atoms with Gasteiger partial charge in [0.05, 0.1) is 5.56 Å². The molecule has 1 fully saturated rings. The van der Waals surface area contributed by atoms with Crippen LogP contribution in [0.5, 0.6) is 5.75 Å². The van der Waals surface area contributed by atoms with Crippen LogP contribution >= 0.6 is 0 Å². The molecule has 98 valence electrons. The van der Waals surface area contributed by atoms with Crippen LogP contribution < -0.4 is 5.32 Å². The first-order valence-electron chi connectivity index (χ1n) is 6.31. The van der Waals surface area contributed by atoms with E-state index in [1.807, 2.05) is 6.92 Å². The van der Waals surface area contributed by atoms with Gasteiger partial charge in [-0.15, -0.1) is 0 Å². The first-order valence-corrected chi connectivity index (χ1v) is 6.31. The molecule has 1 amide bonds. The lowest BCUT2D eigenvalue weighted by atomic mass is 9.83. The fourth-order valence-corrected chi connectivity index (χ4v) is 2.49. The maximum Gasteiger partial charge on any atom is 0.255 e. The summed E-state index contributed by atoms with van der Waals surface area (Å²) in [5, 5.41) is 12.5. The van der Waals surface area contributed by atoms with E-state index in [1.54, 1.807) is 0 Å². The molecule has 2 N–H and O–H groups in total. The van der Waals surface area contributed by atoms with Crippen LogP contribution in [0.3, 0.4) is 0 Å². The second kappa shape index (κ2) is 4.96. The Hall–Kier alpha value is -1.58. The molecule has 0 spiro atoms. The molecule has 0 radical (unpaired) electrons. The molecule has 1 saturated carbocycles. The average Bonchev–Trinajstić information content (AvgIpc) is 2.32. The van der Waals surface area contributed by atoms with Gasteiger partial charge in [-0.3, -0.25) is 4.79 Å². The molecule has 0 unspecified atom stereocenters. The smallest absolute Gasteiger partial charge is 0.255 e. The van der Waals surface area contributed by atoms with Crippen molar-refractivity contribution in [1.82, 2.24) is 5.32 Å². The molecule has 0 aliphatic heterocycles. The van der Waals surface area contributed by atoms with E-state index >= 15 is 0 Å². The third kappa shape index (κ3) is 2.81. The minimum absolute atomic E-state index is 0.00167. The number of aromatic hydroxyl groups is 1. The first kappa shape index (κ1) is 12.9. The highest BCUT2D eigenvalue weighted by molar-refractivity contribution is 5.97. The number of hydrogen-bond acceptors (Lipinski definition) is 2. The van der Waals surface area contributed by atoms with Crippen molar-refractivity contribution in [3.05, 3.63) is 29.6 Å². The fourth-order valence-electron chi connectivity index (χ4n) is 2.49. The van der Waals surface area contributed by atoms with E-state index < -0.39 is 11.7 Å². The minimum atomic E-state index is -0.522. The highest BCUT2D eigenvalue weighted by atomic mass is 19.1. The molecule has 1 aliphatic carbocycles. The Morgan fingerprint density at radius 3 is 2.67 bits per heavy atom. The largest absolute Gasteiger partial charge is 0.507 e. The number of carbonyl (C=O) groups excluding carboxylic acids is 1. The predicted molar refractivity (Wildman–Crippen MR) is 67.0 cm³/mol. The van der Waals surface area contributed by atoms with Crippen molar-refractivity contribution < 1.29 is 14.3 Å². The van der Waals surface area contributed by atoms with Gasteiger partial charge in [-0.25, -0.2) is 4.39 Å². The maximum absolute atomic E-state index is 13.1. The lowest BCUT2D eigenvalue weighted by Crippen LogP contribution is -2.47. The van der Waals surface area contributed by atoms with Crippen molar-refractivity contribution >= 4 is 5.91 Å². The zero-order valence-electron chi connectivity index (χ0n) is 10.5. The number of phenols is 1. The predicted octanol–water partition coefficient (Wildman–Crippen LogP) is 2.98. The lowest BCUT2D eigenvalue weighted by molar-refractivity contribution is 0.0879. The van der Waals surface area contributed by atoms with Gasteiger partial charge >= 0.3 is 0 Å². The molecule has 18 heavy (non-hydrogen) atoms. The molecule has 3 nitrogen and oxygen atoms in total. The first-order chi connectivity index (χ1) is 8.50. The monoisotopic (exact) mass is 251 g/mol. The normalized spacial score (nSPS) is 18.3. The molecule has 0 saturated heterocycles. The Morgan fingerprint density at radius 2 is 2.00 bits per heavy atom. The summed E-state index contributed by atoms with van der Waals surface area (Å²) < 4.78 is 13.1. The number of halogens is 1. The zero-order valence-corrected chi connectivity index (χ0v) is 10.5. The number of nitrogens with one attached hydrogen (secondary N) is 1. The van der Waals surface area contributed by atoms with Crippen LogP contribution in [0.1, 0.15) is 49.4 Å². The van der Waals surface area contributed by atoms with Gasteiger partial charge < -0.3 is 10.4 Å². The molecule has 1 aliphatic rings. The number of amides is 1. The van der Waals surface area contributed by atoms with Gasteiger partial charge in [0.25, 0.3) is 5.91 Å². The number of carbonyl (C=O) groups is 1. The number of phenolic OH excluding ortho intramolecular Hbond substituents is 1. The molecule has 1 aromatic carbocycles. The second-order valence-electron chi connectivity index (χ2n) is 5.24. The third-order valence-electron chi connectivity index (χ3n) is 3.58. The Balaban J connectivity index is 2.14. The van der Waals surface area contributed by atoms with Crippen molar-refractivity contribution in [3.63, 3.8) is 0 Å². The molecule has 0 bridgehead atoms. The summed E-state index contributed by atoms with van der Waals surface area (Å²) in [6, 6.07) is 3.40. The van der Waals surface area contributed by atoms with E-state index in [0.29, 0.717) is 0 Å². The van der Waals surface area contributed by atoms with E-state index in [0.717, 1.165) is 37.8 Å². The Labute approximate surface area is 106 Å². The van der Waals surface area contributed by atoms with Gasteiger partial charge in [-0.1, -0.05) is 19.3 Å². The summed E-state index contributed by atoms with van der Waals surface area (Å²) in [5.74, 6) is -1.11. The van der Waals surface area contributed by atoms with Gasteiger partial charge in [0, 0.05) is 5.54 Å². The lowest BCUT2D eigenvalue weighted by Gasteiger charge is -2.34. The zero-order chi connectivity index (χ0) is 13.2. The van der Waals surface area contributed by atoms with Crippen LogP contribution in [0.2, 0.25) is 0 Å². The van der Waals surface area contributed by atoms with Crippen molar-refractivity contribution in [2.24, 2.45) is 0 Å². The van der Waals surface area contributed by atoms with Gasteiger partial charge in [-0.2, -0.15) is 0 Å². The van der Waals surface area contributed by atoms with Crippen LogP contribution in [0.4, 0.5) is 4.39 Å². The van der Waals surface area contributed by atoms with E-state index in [4.69, 9.17) is 0 Å². The van der Waals surface area contributed by atoms with Crippen molar-refractivity contribution in [2.75, 3.05) is 0 Å². The fraction of sp³-hybridized carbons (Fsp3) is 0.500. The molecule has 0 heterocycles. The Morgan fingerprint density at radius 1 is 1.33 bits per heavy atom. The summed E-state index contributed by atoms with van der Waals surface area (Å²) in [6.07, 6.45) is 5.22. The van der Waals surface area contributed by atoms with Crippen molar-refractivity contribution in [2.45, 2.75) is 44.6 Å². The summed E-state index contributed by atoms with van der Waals surface area (Å²) in [4.78, 5) is 12.1. The van der Waals surface area contributed by atoms with Gasteiger partial charge in [0.2, 0.25) is 0 Å². The van der Waals surface area contributed by atoms with E-state index in [1.165, 1.54) is 12.5 Å². The van der Waals surface area contributed by atoms with Crippen molar-refractivity contribution in [3.8, 4) is 5.75 Å². The van der Waals surface area contributed by atoms with Crippen LogP contribution in [0.15, 0.2) is 18.2 Å². The van der Waals surface area contributed by atoms with Gasteiger partial charge in [0.15, 0.2) is 0 Å². The molecule has 4 heteroatoms. The topological polar surface area (TPSA) is 49.3 Å². The molecule has 1 aromatic rings. The quantitative estimate of drug-likeness (QED) is 0.849. The molecule has 0 atom stereocenters. The summed E-state index contributed by atoms with van der Waals surface area (Å²) in [7, 11) is 0. The summed E-state index contributed by atoms with van der Waals surface area (Å²) in [5.41, 5.74) is -0.240. The standard InChI is InChI=1S/C14H18FNO2/c1-14(7-3-2-4-8-14)16-13(18)11-9-10(15)5-6-12(11)17/h5-6,9,17H,2-4,7-8H2,1H3,(H,16,18). The molecular weight excluding hydrogens is 233 g/mol. The van der Waals surface area contributed by atoms with Gasteiger partial charge in [-0.05, 0) is 38.0 Å². The van der Waals surface area contributed by atoms with Gasteiger partial charge in [0.1, 0.15) is 11.6 Å². The summed E-state index contributed by atoms with van der Waals surface area (Å²) >= 11 is 0. The Kier molecular flexibility index (Phi) is 3.55. The van der Waals surface area contributed by atoms with Crippen molar-refractivity contribution in [1.29, 1.82) is 0 Å². The number of rotatable bonds is 2. The average molecular weight is 251 g/mol. The van der Waals surface area contributed by atoms with Crippen LogP contribution in [-0.2, 0) is 0 Å². The molecule has 0 aromatic heterocycles. The third-order valence-corrected chi connectivity index (χ3v) is 3.58. The summed E-state index contributed by atoms with van der Waals surface area (Å²) in [6.45, 7) is 2.00. The minimum Gasteiger partial charge on any atom is -0.507 e. The van der Waals surface area contributed by atoms with Crippen LogP contribution in [-0.4, -0.2) is 16.6 Å². The second-order valence-corrected chi connectivity index (χ2v) is 5.24. The molecular formula is C14H18FNO2. The SMILES string of the molecule is CC1(NC(=O)c2cc(F)ccc2O)CCCCC1. The number of hydrogen-bond donors (Lipinski definition) is 2. The van der Waals surface area contributed by atoms with E-state index in [-0.39, 0.29) is 16.9 Å². The number of benzene rings is 1. The van der Waals surface area contributed by atoms with Crippen LogP contribution in [0, 0.1) is 5.82 Å². The van der Waals surface area contributed by atoms with E-state index in [9.17, 15) is 14.3 Å². The molecule has 2 rings (SSSR count).